The van der Waals surface area contributed by atoms with Gasteiger partial charge in [0, 0.05) is 23.2 Å². The zero-order valence-electron chi connectivity index (χ0n) is 12.3. The van der Waals surface area contributed by atoms with E-state index in [2.05, 4.69) is 10.6 Å². The number of fused-ring (bicyclic) bond motifs is 1. The van der Waals surface area contributed by atoms with Crippen molar-refractivity contribution in [3.63, 3.8) is 0 Å². The summed E-state index contributed by atoms with van der Waals surface area (Å²) < 4.78 is 10.1. The minimum absolute atomic E-state index is 0.154. The van der Waals surface area contributed by atoms with E-state index in [0.717, 1.165) is 5.39 Å². The van der Waals surface area contributed by atoms with Crippen LogP contribution in [-0.2, 0) is 4.79 Å². The van der Waals surface area contributed by atoms with E-state index in [9.17, 15) is 9.59 Å². The van der Waals surface area contributed by atoms with E-state index in [1.165, 1.54) is 24.5 Å². The summed E-state index contributed by atoms with van der Waals surface area (Å²) in [5, 5.41) is 6.32. The number of amides is 1. The van der Waals surface area contributed by atoms with Crippen LogP contribution in [-0.4, -0.2) is 11.0 Å². The molecule has 7 heteroatoms. The predicted molar refractivity (Wildman–Crippen MR) is 94.6 cm³/mol. The lowest BCUT2D eigenvalue weighted by atomic mass is 10.2. The van der Waals surface area contributed by atoms with Gasteiger partial charge in [-0.3, -0.25) is 10.1 Å². The van der Waals surface area contributed by atoms with E-state index < -0.39 is 5.63 Å². The van der Waals surface area contributed by atoms with E-state index in [4.69, 9.17) is 21.1 Å². The van der Waals surface area contributed by atoms with Crippen LogP contribution in [0.4, 0.5) is 5.69 Å². The third-order valence-electron chi connectivity index (χ3n) is 3.06. The van der Waals surface area contributed by atoms with Crippen molar-refractivity contribution in [3.8, 4) is 0 Å². The molecule has 2 aromatic heterocycles. The molecule has 0 saturated carbocycles. The molecule has 120 valence electrons. The van der Waals surface area contributed by atoms with Crippen LogP contribution in [0.15, 0.2) is 68.4 Å². The maximum absolute atomic E-state index is 11.8. The number of hydrogen-bond donors (Lipinski definition) is 2. The fourth-order valence-electron chi connectivity index (χ4n) is 2.01. The smallest absolute Gasteiger partial charge is 0.336 e. The van der Waals surface area contributed by atoms with Crippen LogP contribution in [0.1, 0.15) is 5.76 Å². The molecular weight excluding hydrogens is 328 g/mol. The van der Waals surface area contributed by atoms with E-state index in [1.54, 1.807) is 36.4 Å². The van der Waals surface area contributed by atoms with Crippen LogP contribution in [0.3, 0.4) is 0 Å². The average Bonchev–Trinajstić information content (AvgIpc) is 3.06. The zero-order chi connectivity index (χ0) is 16.9. The Hall–Kier alpha value is -3.19. The molecular formula is C17H12N2O4S. The van der Waals surface area contributed by atoms with Gasteiger partial charge in [0.15, 0.2) is 5.11 Å². The molecule has 24 heavy (non-hydrogen) atoms. The van der Waals surface area contributed by atoms with Gasteiger partial charge in [-0.1, -0.05) is 0 Å². The number of rotatable bonds is 3. The van der Waals surface area contributed by atoms with Gasteiger partial charge in [-0.2, -0.15) is 0 Å². The Kier molecular flexibility index (Phi) is 4.53. The number of hydrogen-bond acceptors (Lipinski definition) is 5. The second kappa shape index (κ2) is 6.93. The van der Waals surface area contributed by atoms with Crippen molar-refractivity contribution in [1.82, 2.24) is 5.32 Å². The molecule has 0 saturated heterocycles. The van der Waals surface area contributed by atoms with Crippen LogP contribution in [0.5, 0.6) is 0 Å². The predicted octanol–water partition coefficient (Wildman–Crippen LogP) is 2.91. The Morgan fingerprint density at radius 1 is 1.17 bits per heavy atom. The Morgan fingerprint density at radius 3 is 2.83 bits per heavy atom. The number of furan rings is 1. The quantitative estimate of drug-likeness (QED) is 0.433. The lowest BCUT2D eigenvalue weighted by Crippen LogP contribution is -2.32. The molecule has 3 aromatic rings. The average molecular weight is 340 g/mol. The third kappa shape index (κ3) is 3.96. The highest BCUT2D eigenvalue weighted by Gasteiger charge is 2.04. The first-order chi connectivity index (χ1) is 11.6. The topological polar surface area (TPSA) is 84.5 Å². The first kappa shape index (κ1) is 15.7. The number of nitrogens with one attached hydrogen (secondary N) is 2. The molecule has 2 heterocycles. The maximum Gasteiger partial charge on any atom is 0.336 e. The molecule has 0 aliphatic heterocycles. The van der Waals surface area contributed by atoms with Crippen molar-refractivity contribution in [2.75, 3.05) is 5.32 Å². The molecule has 0 unspecified atom stereocenters. The molecule has 1 aromatic carbocycles. The first-order valence-electron chi connectivity index (χ1n) is 6.98. The Morgan fingerprint density at radius 2 is 2.04 bits per heavy atom. The van der Waals surface area contributed by atoms with Crippen molar-refractivity contribution in [1.29, 1.82) is 0 Å². The van der Waals surface area contributed by atoms with Gasteiger partial charge in [-0.05, 0) is 54.7 Å². The van der Waals surface area contributed by atoms with Gasteiger partial charge in [0.1, 0.15) is 11.3 Å². The van der Waals surface area contributed by atoms with Crippen molar-refractivity contribution in [2.24, 2.45) is 0 Å². The van der Waals surface area contributed by atoms with Gasteiger partial charge in [0.05, 0.1) is 6.26 Å². The molecule has 0 fully saturated rings. The van der Waals surface area contributed by atoms with Crippen LogP contribution < -0.4 is 16.3 Å². The summed E-state index contributed by atoms with van der Waals surface area (Å²) in [7, 11) is 0. The molecule has 0 spiro atoms. The Labute approximate surface area is 141 Å². The van der Waals surface area contributed by atoms with Gasteiger partial charge in [0.25, 0.3) is 0 Å². The largest absolute Gasteiger partial charge is 0.465 e. The minimum atomic E-state index is -0.408. The molecule has 2 N–H and O–H groups in total. The first-order valence-corrected chi connectivity index (χ1v) is 7.38. The summed E-state index contributed by atoms with van der Waals surface area (Å²) in [6.45, 7) is 0. The SMILES string of the molecule is O=C(C=Cc1ccco1)NC(=S)Nc1ccc2oc(=O)ccc2c1. The van der Waals surface area contributed by atoms with Gasteiger partial charge < -0.3 is 14.2 Å². The fraction of sp³-hybridized carbons (Fsp3) is 0. The summed E-state index contributed by atoms with van der Waals surface area (Å²) in [5.74, 6) is 0.190. The lowest BCUT2D eigenvalue weighted by Gasteiger charge is -2.08. The molecule has 3 rings (SSSR count). The van der Waals surface area contributed by atoms with E-state index in [0.29, 0.717) is 17.0 Å². The van der Waals surface area contributed by atoms with Gasteiger partial charge in [-0.25, -0.2) is 4.79 Å². The summed E-state index contributed by atoms with van der Waals surface area (Å²) in [5.41, 5.74) is 0.732. The number of carbonyl (C=O) groups excluding carboxylic acids is 1. The van der Waals surface area contributed by atoms with Gasteiger partial charge >= 0.3 is 5.63 Å². The second-order valence-electron chi connectivity index (χ2n) is 4.80. The fourth-order valence-corrected chi connectivity index (χ4v) is 2.23. The summed E-state index contributed by atoms with van der Waals surface area (Å²) >= 11 is 5.10. The second-order valence-corrected chi connectivity index (χ2v) is 5.21. The van der Waals surface area contributed by atoms with Gasteiger partial charge in [0.2, 0.25) is 5.91 Å². The Balaban J connectivity index is 1.63. The minimum Gasteiger partial charge on any atom is -0.465 e. The summed E-state index contributed by atoms with van der Waals surface area (Å²) in [6.07, 6.45) is 4.38. The molecule has 0 bridgehead atoms. The van der Waals surface area contributed by atoms with Crippen molar-refractivity contribution in [3.05, 3.63) is 71.0 Å². The normalized spacial score (nSPS) is 10.8. The van der Waals surface area contributed by atoms with E-state index in [-0.39, 0.29) is 11.0 Å². The van der Waals surface area contributed by atoms with Crippen LogP contribution in [0.2, 0.25) is 0 Å². The summed E-state index contributed by atoms with van der Waals surface area (Å²) in [6, 6.07) is 11.6. The molecule has 6 nitrogen and oxygen atoms in total. The van der Waals surface area contributed by atoms with Crippen LogP contribution in [0.25, 0.3) is 17.0 Å². The third-order valence-corrected chi connectivity index (χ3v) is 3.26. The molecule has 0 aliphatic rings. The maximum atomic E-state index is 11.8. The Bertz CT molecular complexity index is 974. The van der Waals surface area contributed by atoms with Crippen molar-refractivity contribution >= 4 is 46.0 Å². The van der Waals surface area contributed by atoms with Gasteiger partial charge in [-0.15, -0.1) is 0 Å². The summed E-state index contributed by atoms with van der Waals surface area (Å²) in [4.78, 5) is 22.9. The molecule has 0 aliphatic carbocycles. The molecule has 1 amide bonds. The number of thiocarbonyl (C=S) groups is 1. The van der Waals surface area contributed by atoms with Crippen molar-refractivity contribution in [2.45, 2.75) is 0 Å². The monoisotopic (exact) mass is 340 g/mol. The molecule has 0 radical (unpaired) electrons. The van der Waals surface area contributed by atoms with E-state index >= 15 is 0 Å². The standard InChI is InChI=1S/C17H12N2O4S/c20-15(7-5-13-2-1-9-22-13)19-17(24)18-12-4-6-14-11(10-12)3-8-16(21)23-14/h1-10H,(H2,18,19,20,24). The highest BCUT2D eigenvalue weighted by atomic mass is 32.1. The van der Waals surface area contributed by atoms with E-state index in [1.807, 2.05) is 0 Å². The molecule has 0 atom stereocenters. The van der Waals surface area contributed by atoms with Crippen molar-refractivity contribution < 1.29 is 13.6 Å². The lowest BCUT2D eigenvalue weighted by molar-refractivity contribution is -0.115. The number of benzene rings is 1. The van der Waals surface area contributed by atoms with Crippen LogP contribution in [0, 0.1) is 0 Å². The zero-order valence-corrected chi connectivity index (χ0v) is 13.1. The number of anilines is 1. The highest BCUT2D eigenvalue weighted by molar-refractivity contribution is 7.80. The van der Waals surface area contributed by atoms with Crippen LogP contribution >= 0.6 is 12.2 Å². The highest BCUT2D eigenvalue weighted by Crippen LogP contribution is 2.17. The number of carbonyl (C=O) groups is 1.